The molecule has 1 unspecified atom stereocenters. The van der Waals surface area contributed by atoms with Gasteiger partial charge >= 0.3 is 5.51 Å². The largest absolute Gasteiger partial charge is 0.475 e. The fourth-order valence-corrected chi connectivity index (χ4v) is 10.8. The number of hydrogen-bond acceptors (Lipinski definition) is 9. The van der Waals surface area contributed by atoms with Gasteiger partial charge in [-0.05, 0) is 136 Å². The van der Waals surface area contributed by atoms with E-state index in [-0.39, 0.29) is 28.5 Å². The number of benzene rings is 4. The summed E-state index contributed by atoms with van der Waals surface area (Å²) in [6.45, 7) is 9.86. The minimum Gasteiger partial charge on any atom is -0.456 e. The summed E-state index contributed by atoms with van der Waals surface area (Å²) in [6.07, 6.45) is 6.18. The number of aromatic nitrogens is 1. The second-order valence-corrected chi connectivity index (χ2v) is 21.3. The normalized spacial score (nSPS) is 18.6. The molecule has 2 fully saturated rings. The van der Waals surface area contributed by atoms with Crippen molar-refractivity contribution in [3.05, 3.63) is 113 Å². The van der Waals surface area contributed by atoms with Gasteiger partial charge in [-0.2, -0.15) is 13.2 Å². The Hall–Kier alpha value is -4.87. The van der Waals surface area contributed by atoms with Gasteiger partial charge in [-0.15, -0.1) is 0 Å². The Morgan fingerprint density at radius 3 is 2.39 bits per heavy atom. The molecule has 1 amide bonds. The quantitative estimate of drug-likeness (QED) is 0.112. The molecular weight excluding hydrogens is 885 g/mol. The Bertz CT molecular complexity index is 2690. The molecular formula is C47H52ClF3N6O5S2. The smallest absolute Gasteiger partial charge is 0.456 e. The van der Waals surface area contributed by atoms with Crippen LogP contribution in [0.5, 0.6) is 11.5 Å². The number of ether oxygens (including phenoxy) is 1. The van der Waals surface area contributed by atoms with Crippen LogP contribution in [0.4, 0.5) is 24.5 Å². The standard InChI is InChI=1S/C47H52ClF3N6O5S2/c1-46(2)18-14-33(40(29-46)31-4-6-34(48)7-5-31)30-56-22-24-57(25-23-56)36-8-11-39(43(27-36)62-37-9-12-41-32(26-37)15-19-52-41)45(58)54-64(60,61)38-10-13-42(44(28-38)63(59)47(49,50)51)53-35-16-20-55(3)21-17-35/h4-13,15,19,26-28,35,52-53H,14,16-18,20-25,29-30H2,1-3H3,(H,54,58). The minimum atomic E-state index is -5.16. The van der Waals surface area contributed by atoms with E-state index in [0.29, 0.717) is 55.9 Å². The van der Waals surface area contributed by atoms with E-state index in [1.807, 2.05) is 36.0 Å². The Kier molecular flexibility index (Phi) is 13.2. The molecule has 17 heteroatoms. The summed E-state index contributed by atoms with van der Waals surface area (Å²) in [5.74, 6) is -0.568. The van der Waals surface area contributed by atoms with Crippen molar-refractivity contribution < 1.29 is 35.3 Å². The summed E-state index contributed by atoms with van der Waals surface area (Å²) in [5, 5.41) is 4.61. The molecule has 3 heterocycles. The van der Waals surface area contributed by atoms with Gasteiger partial charge in [0, 0.05) is 72.6 Å². The summed E-state index contributed by atoms with van der Waals surface area (Å²) in [4.78, 5) is 22.5. The van der Waals surface area contributed by atoms with Gasteiger partial charge in [0.2, 0.25) is 0 Å². The molecule has 0 bridgehead atoms. The topological polar surface area (TPSA) is 127 Å². The molecule has 1 aromatic heterocycles. The lowest BCUT2D eigenvalue weighted by molar-refractivity contribution is -0.0384. The van der Waals surface area contributed by atoms with Crippen molar-refractivity contribution in [3.8, 4) is 11.5 Å². The third kappa shape index (κ3) is 10.6. The van der Waals surface area contributed by atoms with E-state index in [4.69, 9.17) is 16.3 Å². The van der Waals surface area contributed by atoms with Crippen LogP contribution in [-0.2, 0) is 20.8 Å². The lowest BCUT2D eigenvalue weighted by atomic mass is 9.72. The van der Waals surface area contributed by atoms with Gasteiger partial charge in [0.15, 0.2) is 10.8 Å². The zero-order valence-corrected chi connectivity index (χ0v) is 38.3. The van der Waals surface area contributed by atoms with Crippen molar-refractivity contribution in [1.29, 1.82) is 0 Å². The van der Waals surface area contributed by atoms with E-state index >= 15 is 0 Å². The molecule has 4 aromatic carbocycles. The molecule has 2 saturated heterocycles. The van der Waals surface area contributed by atoms with E-state index in [1.54, 1.807) is 30.5 Å². The number of alkyl halides is 3. The number of carbonyl (C=O) groups excluding carboxylic acids is 1. The van der Waals surface area contributed by atoms with Crippen LogP contribution < -0.4 is 19.7 Å². The van der Waals surface area contributed by atoms with Crippen LogP contribution in [0.15, 0.2) is 106 Å². The van der Waals surface area contributed by atoms with Crippen molar-refractivity contribution in [3.63, 3.8) is 0 Å². The minimum absolute atomic E-state index is 0.0835. The first kappa shape index (κ1) is 45.7. The molecule has 0 saturated carbocycles. The van der Waals surface area contributed by atoms with Gasteiger partial charge in [0.25, 0.3) is 15.9 Å². The molecule has 2 aliphatic heterocycles. The number of piperazine rings is 1. The number of anilines is 2. The number of rotatable bonds is 12. The highest BCUT2D eigenvalue weighted by Gasteiger charge is 2.40. The Labute approximate surface area is 379 Å². The lowest BCUT2D eigenvalue weighted by Crippen LogP contribution is -2.47. The predicted molar refractivity (Wildman–Crippen MR) is 247 cm³/mol. The molecule has 1 aliphatic carbocycles. The van der Waals surface area contributed by atoms with E-state index in [2.05, 4.69) is 51.0 Å². The molecule has 5 aromatic rings. The van der Waals surface area contributed by atoms with Gasteiger partial charge < -0.3 is 24.8 Å². The maximum absolute atomic E-state index is 14.0. The van der Waals surface area contributed by atoms with E-state index in [1.165, 1.54) is 28.8 Å². The first-order valence-corrected chi connectivity index (χ1v) is 24.4. The van der Waals surface area contributed by atoms with Crippen LogP contribution >= 0.6 is 11.6 Å². The molecule has 0 spiro atoms. The molecule has 3 aliphatic rings. The lowest BCUT2D eigenvalue weighted by Gasteiger charge is -2.39. The Balaban J connectivity index is 1.03. The molecule has 0 radical (unpaired) electrons. The second kappa shape index (κ2) is 18.6. The number of amides is 1. The number of carbonyl (C=O) groups is 1. The number of aromatic amines is 1. The zero-order chi connectivity index (χ0) is 45.4. The Morgan fingerprint density at radius 2 is 1.67 bits per heavy atom. The zero-order valence-electron chi connectivity index (χ0n) is 35.9. The number of nitrogens with one attached hydrogen (secondary N) is 3. The van der Waals surface area contributed by atoms with E-state index in [0.717, 1.165) is 61.6 Å². The fraction of sp³-hybridized carbons (Fsp3) is 0.383. The first-order chi connectivity index (χ1) is 30.4. The maximum atomic E-state index is 14.0. The van der Waals surface area contributed by atoms with Crippen LogP contribution in [0, 0.1) is 5.41 Å². The third-order valence-electron chi connectivity index (χ3n) is 12.5. The number of nitrogens with zero attached hydrogens (tertiary/aromatic N) is 3. The average Bonchev–Trinajstić information content (AvgIpc) is 3.73. The molecule has 340 valence electrons. The highest BCUT2D eigenvalue weighted by Crippen LogP contribution is 2.44. The number of sulfonamides is 1. The molecule has 11 nitrogen and oxygen atoms in total. The average molecular weight is 938 g/mol. The molecule has 1 atom stereocenters. The van der Waals surface area contributed by atoms with Crippen molar-refractivity contribution in [1.82, 2.24) is 19.5 Å². The number of piperidine rings is 1. The van der Waals surface area contributed by atoms with Gasteiger partial charge in [0.1, 0.15) is 11.5 Å². The van der Waals surface area contributed by atoms with Gasteiger partial charge in [-0.25, -0.2) is 17.3 Å². The van der Waals surface area contributed by atoms with Gasteiger partial charge in [-0.1, -0.05) is 43.2 Å². The maximum Gasteiger partial charge on any atom is 0.475 e. The highest BCUT2D eigenvalue weighted by atomic mass is 35.5. The van der Waals surface area contributed by atoms with Crippen molar-refractivity contribution in [2.75, 3.05) is 63.1 Å². The SMILES string of the molecule is CN1CCC(Nc2ccc(S(=O)(=O)NC(=O)c3ccc(N4CCN(CC5=C(c6ccc(Cl)cc6)CC(C)(C)CC5)CC4)cc3Oc3ccc4[nH]ccc4c3)cc2S(=O)C(F)(F)F)CC1. The van der Waals surface area contributed by atoms with Crippen LogP contribution in [0.2, 0.25) is 5.02 Å². The van der Waals surface area contributed by atoms with Crippen molar-refractivity contribution >= 4 is 66.2 Å². The van der Waals surface area contributed by atoms with Crippen LogP contribution in [0.3, 0.4) is 0 Å². The number of H-pyrrole nitrogens is 1. The van der Waals surface area contributed by atoms with Crippen molar-refractivity contribution in [2.24, 2.45) is 5.41 Å². The number of allylic oxidation sites excluding steroid dienone is 1. The molecule has 8 rings (SSSR count). The summed E-state index contributed by atoms with van der Waals surface area (Å²) < 4.78 is 90.4. The van der Waals surface area contributed by atoms with E-state index in [9.17, 15) is 30.6 Å². The fourth-order valence-electron chi connectivity index (χ4n) is 8.78. The van der Waals surface area contributed by atoms with Crippen LogP contribution in [0.25, 0.3) is 16.5 Å². The van der Waals surface area contributed by atoms with E-state index < -0.39 is 42.0 Å². The summed E-state index contributed by atoms with van der Waals surface area (Å²) in [5.41, 5.74) is 0.529. The van der Waals surface area contributed by atoms with Crippen LogP contribution in [0.1, 0.15) is 61.9 Å². The van der Waals surface area contributed by atoms with Crippen LogP contribution in [-0.4, -0.2) is 97.7 Å². The molecule has 64 heavy (non-hydrogen) atoms. The summed E-state index contributed by atoms with van der Waals surface area (Å²) in [7, 11) is -6.40. The number of halogens is 4. The summed E-state index contributed by atoms with van der Waals surface area (Å²) >= 11 is 6.24. The van der Waals surface area contributed by atoms with Crippen molar-refractivity contribution in [2.45, 2.75) is 67.3 Å². The highest BCUT2D eigenvalue weighted by molar-refractivity contribution is 7.90. The Morgan fingerprint density at radius 1 is 0.938 bits per heavy atom. The summed E-state index contributed by atoms with van der Waals surface area (Å²) in [6, 6.07) is 23.0. The number of likely N-dealkylation sites (tertiary alicyclic amines) is 1. The predicted octanol–water partition coefficient (Wildman–Crippen LogP) is 9.65. The second-order valence-electron chi connectivity index (χ2n) is 17.7. The third-order valence-corrected chi connectivity index (χ3v) is 15.2. The molecule has 3 N–H and O–H groups in total. The number of fused-ring (bicyclic) bond motifs is 1. The number of hydrogen-bond donors (Lipinski definition) is 3. The first-order valence-electron chi connectivity index (χ1n) is 21.4. The van der Waals surface area contributed by atoms with Gasteiger partial charge in [0.05, 0.1) is 21.0 Å². The van der Waals surface area contributed by atoms with Gasteiger partial charge in [-0.3, -0.25) is 9.69 Å². The monoisotopic (exact) mass is 936 g/mol.